The number of rotatable bonds is 4. The molecule has 2 rings (SSSR count). The highest BCUT2D eigenvalue weighted by atomic mass is 32.2. The van der Waals surface area contributed by atoms with E-state index in [2.05, 4.69) is 19.1 Å². The van der Waals surface area contributed by atoms with Crippen LogP contribution in [0.25, 0.3) is 0 Å². The van der Waals surface area contributed by atoms with Gasteiger partial charge in [-0.25, -0.2) is 4.39 Å². The monoisotopic (exact) mass is 281 g/mol. The molecular weight excluding hydrogens is 265 g/mol. The molecule has 0 bridgehead atoms. The van der Waals surface area contributed by atoms with Gasteiger partial charge in [-0.1, -0.05) is 12.1 Å². The first kappa shape index (κ1) is 13.6. The summed E-state index contributed by atoms with van der Waals surface area (Å²) in [5.41, 5.74) is 6.04. The van der Waals surface area contributed by atoms with Crippen LogP contribution in [0.1, 0.15) is 21.9 Å². The third-order valence-corrected chi connectivity index (χ3v) is 5.36. The molecule has 0 saturated carbocycles. The van der Waals surface area contributed by atoms with Crippen molar-refractivity contribution in [1.29, 1.82) is 0 Å². The van der Waals surface area contributed by atoms with Crippen molar-refractivity contribution in [3.63, 3.8) is 0 Å². The van der Waals surface area contributed by atoms with Crippen molar-refractivity contribution in [3.8, 4) is 0 Å². The molecule has 0 aliphatic rings. The molecule has 2 aromatic rings. The molecule has 0 amide bonds. The van der Waals surface area contributed by atoms with Crippen molar-refractivity contribution in [2.24, 2.45) is 5.73 Å². The highest BCUT2D eigenvalue weighted by Gasteiger charge is 2.20. The van der Waals surface area contributed by atoms with Gasteiger partial charge >= 0.3 is 0 Å². The highest BCUT2D eigenvalue weighted by Crippen LogP contribution is 2.40. The molecule has 1 nitrogen and oxygen atoms in total. The van der Waals surface area contributed by atoms with E-state index in [1.807, 2.05) is 13.0 Å². The molecule has 0 spiro atoms. The molecule has 4 heteroatoms. The van der Waals surface area contributed by atoms with Crippen LogP contribution in [0.15, 0.2) is 41.3 Å². The second-order valence-electron chi connectivity index (χ2n) is 4.28. The van der Waals surface area contributed by atoms with Crippen LogP contribution in [0.4, 0.5) is 4.39 Å². The van der Waals surface area contributed by atoms with Crippen LogP contribution in [-0.2, 0) is 0 Å². The Morgan fingerprint density at radius 1 is 1.22 bits per heavy atom. The summed E-state index contributed by atoms with van der Waals surface area (Å²) < 4.78 is 13.7. The summed E-state index contributed by atoms with van der Waals surface area (Å²) in [7, 11) is 0. The van der Waals surface area contributed by atoms with Crippen molar-refractivity contribution in [2.75, 3.05) is 0 Å². The van der Waals surface area contributed by atoms with Crippen molar-refractivity contribution >= 4 is 23.1 Å². The average Bonchev–Trinajstić information content (AvgIpc) is 2.74. The molecule has 0 aliphatic carbocycles. The van der Waals surface area contributed by atoms with Crippen molar-refractivity contribution in [3.05, 3.63) is 52.0 Å². The molecular formula is C14H16FNS2. The lowest BCUT2D eigenvalue weighted by molar-refractivity contribution is 0.600. The van der Waals surface area contributed by atoms with Crippen molar-refractivity contribution in [1.82, 2.24) is 0 Å². The minimum absolute atomic E-state index is 0.0207. The van der Waals surface area contributed by atoms with Crippen molar-refractivity contribution in [2.45, 2.75) is 30.0 Å². The second-order valence-corrected chi connectivity index (χ2v) is 6.78. The van der Waals surface area contributed by atoms with Gasteiger partial charge in [-0.05, 0) is 38.1 Å². The van der Waals surface area contributed by atoms with Gasteiger partial charge in [0.1, 0.15) is 5.82 Å². The molecule has 18 heavy (non-hydrogen) atoms. The number of aryl methyl sites for hydroxylation is 1. The largest absolute Gasteiger partial charge is 0.327 e. The van der Waals surface area contributed by atoms with Gasteiger partial charge in [0, 0.05) is 20.7 Å². The topological polar surface area (TPSA) is 26.0 Å². The van der Waals surface area contributed by atoms with Gasteiger partial charge in [0.15, 0.2) is 0 Å². The van der Waals surface area contributed by atoms with E-state index in [0.717, 1.165) is 0 Å². The SMILES string of the molecule is Cc1ccc(C(Sc2ccccc2F)C(C)N)s1. The molecule has 1 aromatic heterocycles. The van der Waals surface area contributed by atoms with Crippen molar-refractivity contribution < 1.29 is 4.39 Å². The average molecular weight is 281 g/mol. The molecule has 2 unspecified atom stereocenters. The Hall–Kier alpha value is -0.840. The van der Waals surface area contributed by atoms with Crippen LogP contribution >= 0.6 is 23.1 Å². The Kier molecular flexibility index (Phi) is 4.43. The summed E-state index contributed by atoms with van der Waals surface area (Å²) in [5, 5.41) is 0.0978. The standard InChI is InChI=1S/C14H16FNS2/c1-9-7-8-13(17-9)14(10(2)16)18-12-6-4-3-5-11(12)15/h3-8,10,14H,16H2,1-2H3. The maximum absolute atomic E-state index is 13.7. The van der Waals surface area contributed by atoms with Crippen LogP contribution < -0.4 is 5.73 Å². The second kappa shape index (κ2) is 5.87. The van der Waals surface area contributed by atoms with Gasteiger partial charge < -0.3 is 5.73 Å². The first-order valence-electron chi connectivity index (χ1n) is 5.81. The summed E-state index contributed by atoms with van der Waals surface area (Å²) in [4.78, 5) is 3.12. The molecule has 1 aromatic carbocycles. The van der Waals surface area contributed by atoms with Gasteiger partial charge in [0.25, 0.3) is 0 Å². The number of hydrogen-bond donors (Lipinski definition) is 1. The fraction of sp³-hybridized carbons (Fsp3) is 0.286. The van der Waals surface area contributed by atoms with E-state index < -0.39 is 0 Å². The van der Waals surface area contributed by atoms with Gasteiger partial charge in [-0.2, -0.15) is 0 Å². The Labute approximate surface area is 115 Å². The maximum Gasteiger partial charge on any atom is 0.136 e. The summed E-state index contributed by atoms with van der Waals surface area (Å²) in [6.07, 6.45) is 0. The van der Waals surface area contributed by atoms with Gasteiger partial charge in [-0.15, -0.1) is 23.1 Å². The van der Waals surface area contributed by atoms with Crippen LogP contribution in [0.5, 0.6) is 0 Å². The lowest BCUT2D eigenvalue weighted by Gasteiger charge is -2.19. The quantitative estimate of drug-likeness (QED) is 0.842. The lowest BCUT2D eigenvalue weighted by atomic mass is 10.2. The number of nitrogens with two attached hydrogens (primary N) is 1. The Morgan fingerprint density at radius 3 is 2.50 bits per heavy atom. The molecule has 96 valence electrons. The summed E-state index contributed by atoms with van der Waals surface area (Å²) in [6, 6.07) is 11.0. The Morgan fingerprint density at radius 2 is 1.94 bits per heavy atom. The first-order chi connectivity index (χ1) is 8.58. The highest BCUT2D eigenvalue weighted by molar-refractivity contribution is 7.99. The van der Waals surface area contributed by atoms with Gasteiger partial charge in [0.2, 0.25) is 0 Å². The molecule has 0 saturated heterocycles. The number of hydrogen-bond acceptors (Lipinski definition) is 3. The van der Waals surface area contributed by atoms with Crippen LogP contribution in [0.2, 0.25) is 0 Å². The molecule has 2 atom stereocenters. The number of thiophene rings is 1. The van der Waals surface area contributed by atoms with E-state index >= 15 is 0 Å². The van der Waals surface area contributed by atoms with E-state index in [0.29, 0.717) is 4.90 Å². The molecule has 0 radical (unpaired) electrons. The lowest BCUT2D eigenvalue weighted by Crippen LogP contribution is -2.21. The molecule has 0 fully saturated rings. The predicted octanol–water partition coefficient (Wildman–Crippen LogP) is 4.38. The zero-order chi connectivity index (χ0) is 13.1. The van der Waals surface area contributed by atoms with Crippen LogP contribution in [-0.4, -0.2) is 6.04 Å². The van der Waals surface area contributed by atoms with E-state index in [1.54, 1.807) is 23.5 Å². The molecule has 2 N–H and O–H groups in total. The Balaban J connectivity index is 2.25. The summed E-state index contributed by atoms with van der Waals surface area (Å²) >= 11 is 3.23. The third-order valence-electron chi connectivity index (χ3n) is 2.61. The van der Waals surface area contributed by atoms with Gasteiger partial charge in [0.05, 0.1) is 5.25 Å². The zero-order valence-electron chi connectivity index (χ0n) is 10.4. The van der Waals surface area contributed by atoms with E-state index in [4.69, 9.17) is 5.73 Å². The minimum atomic E-state index is -0.179. The van der Waals surface area contributed by atoms with E-state index in [9.17, 15) is 4.39 Å². The molecule has 1 heterocycles. The minimum Gasteiger partial charge on any atom is -0.327 e. The smallest absolute Gasteiger partial charge is 0.136 e. The number of halogens is 1. The fourth-order valence-electron chi connectivity index (χ4n) is 1.71. The zero-order valence-corrected chi connectivity index (χ0v) is 12.0. The fourth-order valence-corrected chi connectivity index (χ4v) is 3.99. The maximum atomic E-state index is 13.7. The first-order valence-corrected chi connectivity index (χ1v) is 7.50. The predicted molar refractivity (Wildman–Crippen MR) is 77.7 cm³/mol. The van der Waals surface area contributed by atoms with Gasteiger partial charge in [-0.3, -0.25) is 0 Å². The molecule has 0 aliphatic heterocycles. The van der Waals surface area contributed by atoms with E-state index in [-0.39, 0.29) is 17.1 Å². The number of thioether (sulfide) groups is 1. The van der Waals surface area contributed by atoms with Crippen LogP contribution in [0, 0.1) is 12.7 Å². The number of benzene rings is 1. The van der Waals surface area contributed by atoms with Crippen LogP contribution in [0.3, 0.4) is 0 Å². The third kappa shape index (κ3) is 3.13. The summed E-state index contributed by atoms with van der Waals surface area (Å²) in [5.74, 6) is -0.179. The Bertz CT molecular complexity index is 522. The summed E-state index contributed by atoms with van der Waals surface area (Å²) in [6.45, 7) is 4.04. The van der Waals surface area contributed by atoms with E-state index in [1.165, 1.54) is 27.6 Å². The normalized spacial score (nSPS) is 14.4.